The van der Waals surface area contributed by atoms with Gasteiger partial charge in [0.05, 0.1) is 19.3 Å². The minimum atomic E-state index is 0. The molecule has 0 saturated heterocycles. The van der Waals surface area contributed by atoms with Gasteiger partial charge in [-0.1, -0.05) is 25.3 Å². The highest BCUT2D eigenvalue weighted by Crippen LogP contribution is 2.41. The van der Waals surface area contributed by atoms with Crippen molar-refractivity contribution >= 4 is 12.4 Å². The summed E-state index contributed by atoms with van der Waals surface area (Å²) in [4.78, 5) is 0. The zero-order valence-corrected chi connectivity index (χ0v) is 14.5. The zero-order valence-electron chi connectivity index (χ0n) is 13.6. The highest BCUT2D eigenvalue weighted by atomic mass is 35.5. The first-order valence-electron chi connectivity index (χ1n) is 8.26. The Hall–Kier alpha value is -0.770. The minimum absolute atomic E-state index is 0. The molecule has 1 aliphatic heterocycles. The largest absolute Gasteiger partial charge is 0.496 e. The van der Waals surface area contributed by atoms with E-state index in [1.165, 1.54) is 48.8 Å². The fourth-order valence-electron chi connectivity index (χ4n) is 4.10. The normalized spacial score (nSPS) is 25.2. The van der Waals surface area contributed by atoms with Crippen LogP contribution in [-0.4, -0.2) is 19.8 Å². The molecule has 2 unspecified atom stereocenters. The van der Waals surface area contributed by atoms with Crippen LogP contribution in [0.15, 0.2) is 12.1 Å². The fraction of sp³-hybridized carbons (Fsp3) is 0.667. The van der Waals surface area contributed by atoms with Crippen LogP contribution in [0.4, 0.5) is 0 Å². The first-order chi connectivity index (χ1) is 10.2. The summed E-state index contributed by atoms with van der Waals surface area (Å²) in [6.45, 7) is 2.69. The van der Waals surface area contributed by atoms with Crippen molar-refractivity contribution in [2.24, 2.45) is 11.7 Å². The van der Waals surface area contributed by atoms with Crippen LogP contribution >= 0.6 is 12.4 Å². The molecule has 0 bridgehead atoms. The first-order valence-corrected chi connectivity index (χ1v) is 8.26. The van der Waals surface area contributed by atoms with E-state index in [1.807, 2.05) is 0 Å². The molecule has 0 spiro atoms. The molecule has 3 nitrogen and oxygen atoms in total. The molecule has 1 fully saturated rings. The highest BCUT2D eigenvalue weighted by Gasteiger charge is 2.34. The quantitative estimate of drug-likeness (QED) is 0.915. The second kappa shape index (κ2) is 7.67. The molecule has 124 valence electrons. The number of nitrogens with two attached hydrogens (primary N) is 1. The number of aryl methyl sites for hydroxylation is 1. The van der Waals surface area contributed by atoms with Crippen molar-refractivity contribution in [1.82, 2.24) is 0 Å². The van der Waals surface area contributed by atoms with Crippen molar-refractivity contribution in [2.75, 3.05) is 13.7 Å². The molecule has 2 atom stereocenters. The third kappa shape index (κ3) is 3.27. The number of ether oxygens (including phenoxy) is 2. The summed E-state index contributed by atoms with van der Waals surface area (Å²) in [5.74, 6) is 1.68. The molecule has 1 saturated carbocycles. The van der Waals surface area contributed by atoms with E-state index in [0.717, 1.165) is 12.2 Å². The molecule has 1 aliphatic carbocycles. The lowest BCUT2D eigenvalue weighted by molar-refractivity contribution is -0.0597. The molecule has 4 heteroatoms. The van der Waals surface area contributed by atoms with Gasteiger partial charge in [0.25, 0.3) is 0 Å². The van der Waals surface area contributed by atoms with E-state index in [0.29, 0.717) is 18.6 Å². The summed E-state index contributed by atoms with van der Waals surface area (Å²) in [6, 6.07) is 4.20. The van der Waals surface area contributed by atoms with E-state index < -0.39 is 0 Å². The maximum atomic E-state index is 6.40. The molecular formula is C18H28ClNO2. The highest BCUT2D eigenvalue weighted by molar-refractivity contribution is 5.85. The maximum absolute atomic E-state index is 6.40. The summed E-state index contributed by atoms with van der Waals surface area (Å²) >= 11 is 0. The Kier molecular flexibility index (Phi) is 6.13. The van der Waals surface area contributed by atoms with E-state index in [1.54, 1.807) is 7.11 Å². The van der Waals surface area contributed by atoms with Crippen LogP contribution in [0.2, 0.25) is 0 Å². The van der Waals surface area contributed by atoms with E-state index in [-0.39, 0.29) is 18.5 Å². The summed E-state index contributed by atoms with van der Waals surface area (Å²) in [5, 5.41) is 0. The smallest absolute Gasteiger partial charge is 0.122 e. The molecule has 0 amide bonds. The Morgan fingerprint density at radius 1 is 1.23 bits per heavy atom. The summed E-state index contributed by atoms with van der Waals surface area (Å²) in [5.41, 5.74) is 9.87. The predicted octanol–water partition coefficient (Wildman–Crippen LogP) is 3.95. The number of rotatable bonds is 3. The third-order valence-electron chi connectivity index (χ3n) is 5.21. The van der Waals surface area contributed by atoms with Crippen LogP contribution in [-0.2, 0) is 11.2 Å². The number of benzene rings is 1. The SMILES string of the molecule is COc1ccc(C)c2c1CC(C1CCCCC1)OC2CN.Cl. The van der Waals surface area contributed by atoms with Gasteiger partial charge in [-0.05, 0) is 42.9 Å². The van der Waals surface area contributed by atoms with Gasteiger partial charge in [-0.2, -0.15) is 0 Å². The Morgan fingerprint density at radius 2 is 1.95 bits per heavy atom. The van der Waals surface area contributed by atoms with Gasteiger partial charge in [-0.25, -0.2) is 0 Å². The maximum Gasteiger partial charge on any atom is 0.122 e. The Labute approximate surface area is 140 Å². The van der Waals surface area contributed by atoms with Gasteiger partial charge < -0.3 is 15.2 Å². The van der Waals surface area contributed by atoms with E-state index in [9.17, 15) is 0 Å². The van der Waals surface area contributed by atoms with Crippen molar-refractivity contribution in [1.29, 1.82) is 0 Å². The van der Waals surface area contributed by atoms with Crippen molar-refractivity contribution < 1.29 is 9.47 Å². The first kappa shape index (κ1) is 17.6. The number of hydrogen-bond donors (Lipinski definition) is 1. The van der Waals surface area contributed by atoms with Crippen molar-refractivity contribution in [3.05, 3.63) is 28.8 Å². The second-order valence-corrected chi connectivity index (χ2v) is 6.48. The number of halogens is 1. The van der Waals surface area contributed by atoms with Crippen LogP contribution in [0, 0.1) is 12.8 Å². The minimum Gasteiger partial charge on any atom is -0.496 e. The van der Waals surface area contributed by atoms with Gasteiger partial charge >= 0.3 is 0 Å². The van der Waals surface area contributed by atoms with Crippen LogP contribution in [0.25, 0.3) is 0 Å². The molecule has 2 N–H and O–H groups in total. The van der Waals surface area contributed by atoms with Crippen LogP contribution < -0.4 is 10.5 Å². The lowest BCUT2D eigenvalue weighted by Crippen LogP contribution is -2.36. The van der Waals surface area contributed by atoms with Crippen molar-refractivity contribution in [3.63, 3.8) is 0 Å². The molecule has 1 aromatic rings. The van der Waals surface area contributed by atoms with Crippen molar-refractivity contribution in [2.45, 2.75) is 57.7 Å². The average molecular weight is 326 g/mol. The van der Waals surface area contributed by atoms with Crippen LogP contribution in [0.3, 0.4) is 0 Å². The summed E-state index contributed by atoms with van der Waals surface area (Å²) in [7, 11) is 1.76. The molecule has 0 radical (unpaired) electrons. The molecular weight excluding hydrogens is 298 g/mol. The van der Waals surface area contributed by atoms with Gasteiger partial charge in [-0.15, -0.1) is 12.4 Å². The van der Waals surface area contributed by atoms with Gasteiger partial charge in [0.1, 0.15) is 5.75 Å². The van der Waals surface area contributed by atoms with E-state index in [2.05, 4.69) is 19.1 Å². The van der Waals surface area contributed by atoms with Gasteiger partial charge in [0, 0.05) is 18.5 Å². The lowest BCUT2D eigenvalue weighted by Gasteiger charge is -2.39. The van der Waals surface area contributed by atoms with E-state index in [4.69, 9.17) is 15.2 Å². The van der Waals surface area contributed by atoms with Gasteiger partial charge in [0.15, 0.2) is 0 Å². The van der Waals surface area contributed by atoms with E-state index >= 15 is 0 Å². The Balaban J connectivity index is 0.00000176. The van der Waals surface area contributed by atoms with Crippen molar-refractivity contribution in [3.8, 4) is 5.75 Å². The molecule has 1 heterocycles. The molecule has 1 aromatic carbocycles. The third-order valence-corrected chi connectivity index (χ3v) is 5.21. The molecule has 2 aliphatic rings. The number of methoxy groups -OCH3 is 1. The second-order valence-electron chi connectivity index (χ2n) is 6.48. The topological polar surface area (TPSA) is 44.5 Å². The van der Waals surface area contributed by atoms with Crippen LogP contribution in [0.5, 0.6) is 5.75 Å². The number of hydrogen-bond acceptors (Lipinski definition) is 3. The van der Waals surface area contributed by atoms with Gasteiger partial charge in [-0.3, -0.25) is 0 Å². The van der Waals surface area contributed by atoms with Crippen LogP contribution in [0.1, 0.15) is 54.9 Å². The summed E-state index contributed by atoms with van der Waals surface area (Å²) < 4.78 is 12.0. The predicted molar refractivity (Wildman–Crippen MR) is 91.9 cm³/mol. The summed E-state index contributed by atoms with van der Waals surface area (Å²) in [6.07, 6.45) is 7.96. The average Bonchev–Trinajstić information content (AvgIpc) is 2.55. The molecule has 0 aromatic heterocycles. The lowest BCUT2D eigenvalue weighted by atomic mass is 9.79. The number of fused-ring (bicyclic) bond motifs is 1. The Morgan fingerprint density at radius 3 is 2.59 bits per heavy atom. The fourth-order valence-corrected chi connectivity index (χ4v) is 4.10. The molecule has 3 rings (SSSR count). The Bertz CT molecular complexity index is 500. The monoisotopic (exact) mass is 325 g/mol. The molecule has 22 heavy (non-hydrogen) atoms. The van der Waals surface area contributed by atoms with Gasteiger partial charge in [0.2, 0.25) is 0 Å². The standard InChI is InChI=1S/C18H27NO2.ClH/c1-12-8-9-15(20-2)14-10-16(13-6-4-3-5-7-13)21-17(11-19)18(12)14;/h8-9,13,16-17H,3-7,10-11,19H2,1-2H3;1H. The zero-order chi connectivity index (χ0) is 14.8.